The SMILES string of the molecule is FC(F)Oc1ccc(-c2nnc3c(SCCc4ccccc4)nccn23)cc1. The standard InChI is InChI=1S/C20H16F2N4OS/c21-20(22)27-16-8-6-15(7-9-16)17-24-25-18-19(23-11-12-26(17)18)28-13-10-14-4-2-1-3-5-14/h1-9,11-12,20H,10,13H2. The maximum atomic E-state index is 12.3. The van der Waals surface area contributed by atoms with Crippen LogP contribution >= 0.6 is 11.8 Å². The highest BCUT2D eigenvalue weighted by molar-refractivity contribution is 7.99. The van der Waals surface area contributed by atoms with Crippen LogP contribution in [0.1, 0.15) is 5.56 Å². The summed E-state index contributed by atoms with van der Waals surface area (Å²) in [7, 11) is 0. The maximum absolute atomic E-state index is 12.3. The summed E-state index contributed by atoms with van der Waals surface area (Å²) in [6, 6.07) is 16.6. The molecule has 0 aliphatic rings. The summed E-state index contributed by atoms with van der Waals surface area (Å²) in [6.45, 7) is -2.85. The zero-order valence-corrected chi connectivity index (χ0v) is 15.5. The first-order valence-corrected chi connectivity index (χ1v) is 9.61. The van der Waals surface area contributed by atoms with Gasteiger partial charge < -0.3 is 4.74 Å². The molecule has 0 aliphatic carbocycles. The van der Waals surface area contributed by atoms with Gasteiger partial charge in [0.2, 0.25) is 0 Å². The van der Waals surface area contributed by atoms with E-state index >= 15 is 0 Å². The quantitative estimate of drug-likeness (QED) is 0.422. The van der Waals surface area contributed by atoms with Gasteiger partial charge in [-0.2, -0.15) is 8.78 Å². The van der Waals surface area contributed by atoms with Crippen molar-refractivity contribution in [2.45, 2.75) is 18.1 Å². The van der Waals surface area contributed by atoms with Gasteiger partial charge in [0.15, 0.2) is 11.5 Å². The first-order chi connectivity index (χ1) is 13.7. The van der Waals surface area contributed by atoms with Gasteiger partial charge in [-0.3, -0.25) is 4.40 Å². The van der Waals surface area contributed by atoms with Crippen LogP contribution in [-0.2, 0) is 6.42 Å². The summed E-state index contributed by atoms with van der Waals surface area (Å²) in [5.74, 6) is 1.59. The lowest BCUT2D eigenvalue weighted by Gasteiger charge is -2.06. The topological polar surface area (TPSA) is 52.3 Å². The molecule has 0 N–H and O–H groups in total. The summed E-state index contributed by atoms with van der Waals surface area (Å²) in [5, 5.41) is 9.32. The molecule has 2 aromatic heterocycles. The minimum absolute atomic E-state index is 0.103. The molecule has 0 fully saturated rings. The Morgan fingerprint density at radius 3 is 2.54 bits per heavy atom. The average molecular weight is 398 g/mol. The molecule has 2 aromatic carbocycles. The molecule has 0 spiro atoms. The van der Waals surface area contributed by atoms with Crippen LogP contribution in [0.25, 0.3) is 17.0 Å². The third-order valence-corrected chi connectivity index (χ3v) is 5.07. The van der Waals surface area contributed by atoms with Crippen molar-refractivity contribution in [1.82, 2.24) is 19.6 Å². The molecule has 0 saturated carbocycles. The van der Waals surface area contributed by atoms with Crippen molar-refractivity contribution >= 4 is 17.4 Å². The molecular formula is C20H16F2N4OS. The molecule has 2 heterocycles. The Morgan fingerprint density at radius 1 is 1.00 bits per heavy atom. The zero-order valence-electron chi connectivity index (χ0n) is 14.7. The van der Waals surface area contributed by atoms with Gasteiger partial charge in [-0.1, -0.05) is 30.3 Å². The molecule has 0 bridgehead atoms. The van der Waals surface area contributed by atoms with Gasteiger partial charge in [0.1, 0.15) is 10.8 Å². The normalized spacial score (nSPS) is 11.2. The molecule has 0 atom stereocenters. The van der Waals surface area contributed by atoms with Crippen LogP contribution in [0, 0.1) is 0 Å². The van der Waals surface area contributed by atoms with Crippen molar-refractivity contribution in [3.05, 3.63) is 72.6 Å². The van der Waals surface area contributed by atoms with E-state index in [4.69, 9.17) is 0 Å². The Kier molecular flexibility index (Phi) is 5.48. The molecule has 0 saturated heterocycles. The number of thioether (sulfide) groups is 1. The summed E-state index contributed by atoms with van der Waals surface area (Å²) >= 11 is 1.62. The van der Waals surface area contributed by atoms with Crippen molar-refractivity contribution in [1.29, 1.82) is 0 Å². The molecule has 28 heavy (non-hydrogen) atoms. The maximum Gasteiger partial charge on any atom is 0.387 e. The van der Waals surface area contributed by atoms with Crippen LogP contribution in [0.5, 0.6) is 5.75 Å². The van der Waals surface area contributed by atoms with E-state index in [0.29, 0.717) is 11.5 Å². The van der Waals surface area contributed by atoms with Crippen LogP contribution in [-0.4, -0.2) is 31.9 Å². The van der Waals surface area contributed by atoms with Crippen molar-refractivity contribution in [2.75, 3.05) is 5.75 Å². The lowest BCUT2D eigenvalue weighted by Crippen LogP contribution is -2.01. The van der Waals surface area contributed by atoms with Crippen LogP contribution in [0.15, 0.2) is 72.0 Å². The molecule has 0 amide bonds. The van der Waals surface area contributed by atoms with Crippen LogP contribution in [0.3, 0.4) is 0 Å². The Labute approximate surface area is 164 Å². The molecule has 0 unspecified atom stereocenters. The molecule has 8 heteroatoms. The van der Waals surface area contributed by atoms with E-state index in [0.717, 1.165) is 22.8 Å². The second-order valence-corrected chi connectivity index (χ2v) is 7.02. The van der Waals surface area contributed by atoms with Gasteiger partial charge in [-0.15, -0.1) is 22.0 Å². The van der Waals surface area contributed by atoms with E-state index in [-0.39, 0.29) is 5.75 Å². The minimum Gasteiger partial charge on any atom is -0.435 e. The molecule has 4 aromatic rings. The smallest absolute Gasteiger partial charge is 0.387 e. The molecule has 4 rings (SSSR count). The van der Waals surface area contributed by atoms with E-state index < -0.39 is 6.61 Å². The van der Waals surface area contributed by atoms with Crippen molar-refractivity contribution < 1.29 is 13.5 Å². The van der Waals surface area contributed by atoms with Crippen LogP contribution < -0.4 is 4.74 Å². The predicted octanol–water partition coefficient (Wildman–Crippen LogP) is 4.73. The van der Waals surface area contributed by atoms with Gasteiger partial charge in [0.05, 0.1) is 0 Å². The number of ether oxygens (including phenoxy) is 1. The van der Waals surface area contributed by atoms with Gasteiger partial charge >= 0.3 is 6.61 Å². The van der Waals surface area contributed by atoms with E-state index in [9.17, 15) is 8.78 Å². The monoisotopic (exact) mass is 398 g/mol. The fraction of sp³-hybridized carbons (Fsp3) is 0.150. The number of benzene rings is 2. The van der Waals surface area contributed by atoms with Crippen molar-refractivity contribution in [2.24, 2.45) is 0 Å². The van der Waals surface area contributed by atoms with Crippen LogP contribution in [0.2, 0.25) is 0 Å². The number of hydrogen-bond acceptors (Lipinski definition) is 5. The van der Waals surface area contributed by atoms with Gasteiger partial charge in [0.25, 0.3) is 0 Å². The summed E-state index contributed by atoms with van der Waals surface area (Å²) in [4.78, 5) is 4.43. The number of aromatic nitrogens is 4. The number of hydrogen-bond donors (Lipinski definition) is 0. The summed E-state index contributed by atoms with van der Waals surface area (Å²) in [5.41, 5.74) is 2.69. The van der Waals surface area contributed by atoms with Crippen molar-refractivity contribution in [3.8, 4) is 17.1 Å². The highest BCUT2D eigenvalue weighted by atomic mass is 32.2. The lowest BCUT2D eigenvalue weighted by atomic mass is 10.2. The summed E-state index contributed by atoms with van der Waals surface area (Å²) in [6.07, 6.45) is 4.43. The Morgan fingerprint density at radius 2 is 1.79 bits per heavy atom. The van der Waals surface area contributed by atoms with Gasteiger partial charge in [0, 0.05) is 23.7 Å². The largest absolute Gasteiger partial charge is 0.435 e. The highest BCUT2D eigenvalue weighted by Crippen LogP contribution is 2.26. The average Bonchev–Trinajstić information content (AvgIpc) is 3.14. The second-order valence-electron chi connectivity index (χ2n) is 5.94. The number of nitrogens with zero attached hydrogens (tertiary/aromatic N) is 4. The molecule has 5 nitrogen and oxygen atoms in total. The third kappa shape index (κ3) is 4.12. The molecular weight excluding hydrogens is 382 g/mol. The Bertz CT molecular complexity index is 1050. The van der Waals surface area contributed by atoms with Gasteiger partial charge in [-0.25, -0.2) is 4.98 Å². The highest BCUT2D eigenvalue weighted by Gasteiger charge is 2.13. The Hall–Kier alpha value is -3.00. The molecule has 142 valence electrons. The fourth-order valence-electron chi connectivity index (χ4n) is 2.80. The van der Waals surface area contributed by atoms with E-state index in [1.807, 2.05) is 22.6 Å². The number of alkyl halides is 2. The fourth-order valence-corrected chi connectivity index (χ4v) is 3.73. The van der Waals surface area contributed by atoms with E-state index in [2.05, 4.69) is 32.1 Å². The lowest BCUT2D eigenvalue weighted by molar-refractivity contribution is -0.0498. The minimum atomic E-state index is -2.85. The zero-order chi connectivity index (χ0) is 19.3. The van der Waals surface area contributed by atoms with E-state index in [1.54, 1.807) is 36.3 Å². The molecule has 0 aliphatic heterocycles. The number of halogens is 2. The number of aryl methyl sites for hydroxylation is 1. The summed E-state index contributed by atoms with van der Waals surface area (Å²) < 4.78 is 30.8. The number of rotatable bonds is 7. The van der Waals surface area contributed by atoms with Gasteiger partial charge in [-0.05, 0) is 36.2 Å². The van der Waals surface area contributed by atoms with Crippen molar-refractivity contribution in [3.63, 3.8) is 0 Å². The third-order valence-electron chi connectivity index (χ3n) is 4.10. The van der Waals surface area contributed by atoms with E-state index in [1.165, 1.54) is 17.7 Å². The number of fused-ring (bicyclic) bond motifs is 1. The first-order valence-electron chi connectivity index (χ1n) is 8.62. The van der Waals surface area contributed by atoms with Crippen LogP contribution in [0.4, 0.5) is 8.78 Å². The second kappa shape index (κ2) is 8.35. The predicted molar refractivity (Wildman–Crippen MR) is 104 cm³/mol. The molecule has 0 radical (unpaired) electrons. The first kappa shape index (κ1) is 18.4. The Balaban J connectivity index is 1.53.